The minimum absolute atomic E-state index is 0.190. The van der Waals surface area contributed by atoms with Gasteiger partial charge in [-0.1, -0.05) is 6.92 Å². The lowest BCUT2D eigenvalue weighted by molar-refractivity contribution is 0.707. The summed E-state index contributed by atoms with van der Waals surface area (Å²) in [5.74, 6) is 0. The van der Waals surface area contributed by atoms with Crippen LogP contribution in [0.1, 0.15) is 6.92 Å². The summed E-state index contributed by atoms with van der Waals surface area (Å²) in [4.78, 5) is 0. The van der Waals surface area contributed by atoms with Crippen LogP contribution in [0.25, 0.3) is 0 Å². The summed E-state index contributed by atoms with van der Waals surface area (Å²) in [7, 11) is 0. The molecule has 2 unspecified atom stereocenters. The number of hydrogen-bond acceptors (Lipinski definition) is 3. The van der Waals surface area contributed by atoms with Gasteiger partial charge >= 0.3 is 0 Å². The fraction of sp³-hybridized carbons (Fsp3) is 1.00. The van der Waals surface area contributed by atoms with E-state index in [-0.39, 0.29) is 5.50 Å². The Morgan fingerprint density at radius 3 is 2.71 bits per heavy atom. The molecule has 1 aliphatic rings. The molecule has 0 aliphatic carbocycles. The van der Waals surface area contributed by atoms with Gasteiger partial charge in [0.1, 0.15) is 5.50 Å². The Kier molecular flexibility index (Phi) is 1.57. The van der Waals surface area contributed by atoms with Crippen molar-refractivity contribution in [2.24, 2.45) is 5.73 Å². The number of nitrogens with one attached hydrogen (secondary N) is 1. The van der Waals surface area contributed by atoms with Gasteiger partial charge in [-0.3, -0.25) is 5.32 Å². The maximum absolute atomic E-state index is 5.48. The average molecular weight is 118 g/mol. The van der Waals surface area contributed by atoms with Crippen molar-refractivity contribution in [3.05, 3.63) is 0 Å². The van der Waals surface area contributed by atoms with E-state index < -0.39 is 0 Å². The number of rotatable bonds is 0. The van der Waals surface area contributed by atoms with Crippen molar-refractivity contribution in [2.75, 3.05) is 6.54 Å². The zero-order chi connectivity index (χ0) is 5.28. The standard InChI is InChI=1S/C4H10N2S/c1-3-2-6-4(5)7-3/h3-4,6H,2,5H2,1H3. The van der Waals surface area contributed by atoms with Crippen molar-refractivity contribution in [3.63, 3.8) is 0 Å². The van der Waals surface area contributed by atoms with Crippen LogP contribution in [0, 0.1) is 0 Å². The highest BCUT2D eigenvalue weighted by molar-refractivity contribution is 8.00. The fourth-order valence-corrected chi connectivity index (χ4v) is 1.51. The lowest BCUT2D eigenvalue weighted by atomic mass is 10.5. The largest absolute Gasteiger partial charge is 0.307 e. The van der Waals surface area contributed by atoms with Gasteiger partial charge < -0.3 is 5.73 Å². The third-order valence-corrected chi connectivity index (χ3v) is 2.08. The molecule has 0 radical (unpaired) electrons. The highest BCUT2D eigenvalue weighted by Gasteiger charge is 2.15. The van der Waals surface area contributed by atoms with Crippen LogP contribution in [0.15, 0.2) is 0 Å². The van der Waals surface area contributed by atoms with Crippen molar-refractivity contribution in [3.8, 4) is 0 Å². The third kappa shape index (κ3) is 1.33. The quantitative estimate of drug-likeness (QED) is 0.468. The van der Waals surface area contributed by atoms with E-state index >= 15 is 0 Å². The van der Waals surface area contributed by atoms with Gasteiger partial charge in [-0.05, 0) is 0 Å². The lowest BCUT2D eigenvalue weighted by Crippen LogP contribution is -2.28. The minimum atomic E-state index is 0.190. The second-order valence-electron chi connectivity index (χ2n) is 1.78. The number of nitrogens with two attached hydrogens (primary N) is 1. The normalized spacial score (nSPS) is 42.0. The molecule has 1 fully saturated rings. The monoisotopic (exact) mass is 118 g/mol. The second-order valence-corrected chi connectivity index (χ2v) is 3.36. The Hall–Kier alpha value is 0.270. The first-order valence-corrected chi connectivity index (χ1v) is 3.38. The average Bonchev–Trinajstić information content (AvgIpc) is 1.87. The Bertz CT molecular complexity index is 58.7. The van der Waals surface area contributed by atoms with E-state index in [9.17, 15) is 0 Å². The van der Waals surface area contributed by atoms with Gasteiger partial charge in [-0.15, -0.1) is 11.8 Å². The van der Waals surface area contributed by atoms with Gasteiger partial charge in [-0.2, -0.15) is 0 Å². The number of thioether (sulfide) groups is 1. The Balaban J connectivity index is 2.26. The molecule has 7 heavy (non-hydrogen) atoms. The van der Waals surface area contributed by atoms with E-state index in [1.54, 1.807) is 11.8 Å². The van der Waals surface area contributed by atoms with Crippen LogP contribution in [0.5, 0.6) is 0 Å². The summed E-state index contributed by atoms with van der Waals surface area (Å²) in [6.07, 6.45) is 0. The zero-order valence-corrected chi connectivity index (χ0v) is 5.16. The van der Waals surface area contributed by atoms with Crippen molar-refractivity contribution in [2.45, 2.75) is 17.7 Å². The molecule has 1 saturated heterocycles. The first-order valence-electron chi connectivity index (χ1n) is 2.43. The van der Waals surface area contributed by atoms with E-state index in [1.807, 2.05) is 0 Å². The van der Waals surface area contributed by atoms with Crippen LogP contribution < -0.4 is 11.1 Å². The molecular weight excluding hydrogens is 108 g/mol. The molecule has 0 aromatic carbocycles. The maximum atomic E-state index is 5.48. The lowest BCUT2D eigenvalue weighted by Gasteiger charge is -1.96. The predicted octanol–water partition coefficient (Wildman–Crippen LogP) is -0.0464. The van der Waals surface area contributed by atoms with E-state index in [0.717, 1.165) is 6.54 Å². The molecular formula is C4H10N2S. The molecule has 0 amide bonds. The number of hydrogen-bond donors (Lipinski definition) is 2. The molecule has 1 heterocycles. The van der Waals surface area contributed by atoms with Crippen molar-refractivity contribution in [1.29, 1.82) is 0 Å². The SMILES string of the molecule is CC1CNC(N)S1. The molecule has 0 aromatic heterocycles. The first-order chi connectivity index (χ1) is 3.29. The van der Waals surface area contributed by atoms with E-state index in [0.29, 0.717) is 5.25 Å². The van der Waals surface area contributed by atoms with Gasteiger partial charge in [0.15, 0.2) is 0 Å². The van der Waals surface area contributed by atoms with E-state index in [2.05, 4.69) is 12.2 Å². The van der Waals surface area contributed by atoms with E-state index in [1.165, 1.54) is 0 Å². The summed E-state index contributed by atoms with van der Waals surface area (Å²) in [5, 5.41) is 3.81. The first kappa shape index (κ1) is 5.41. The van der Waals surface area contributed by atoms with Gasteiger partial charge in [0.05, 0.1) is 0 Å². The highest BCUT2D eigenvalue weighted by atomic mass is 32.2. The minimum Gasteiger partial charge on any atom is -0.307 e. The fourth-order valence-electron chi connectivity index (χ4n) is 0.629. The predicted molar refractivity (Wildman–Crippen MR) is 33.0 cm³/mol. The molecule has 0 spiro atoms. The topological polar surface area (TPSA) is 38.0 Å². The van der Waals surface area contributed by atoms with Gasteiger partial charge in [0.2, 0.25) is 0 Å². The van der Waals surface area contributed by atoms with E-state index in [4.69, 9.17) is 5.73 Å². The van der Waals surface area contributed by atoms with Gasteiger partial charge in [0.25, 0.3) is 0 Å². The molecule has 1 rings (SSSR count). The van der Waals surface area contributed by atoms with Crippen LogP contribution in [0.4, 0.5) is 0 Å². The summed E-state index contributed by atoms with van der Waals surface area (Å²) in [5.41, 5.74) is 5.67. The molecule has 42 valence electrons. The van der Waals surface area contributed by atoms with Crippen LogP contribution in [0.3, 0.4) is 0 Å². The van der Waals surface area contributed by atoms with Crippen molar-refractivity contribution < 1.29 is 0 Å². The summed E-state index contributed by atoms with van der Waals surface area (Å²) < 4.78 is 0. The van der Waals surface area contributed by atoms with Crippen molar-refractivity contribution in [1.82, 2.24) is 5.32 Å². The van der Waals surface area contributed by atoms with Gasteiger partial charge in [-0.25, -0.2) is 0 Å². The molecule has 1 aliphatic heterocycles. The smallest absolute Gasteiger partial charge is 0.103 e. The molecule has 2 nitrogen and oxygen atoms in total. The second kappa shape index (κ2) is 2.03. The molecule has 0 saturated carbocycles. The molecule has 3 heteroatoms. The summed E-state index contributed by atoms with van der Waals surface area (Å²) >= 11 is 1.79. The van der Waals surface area contributed by atoms with Crippen molar-refractivity contribution >= 4 is 11.8 Å². The summed E-state index contributed by atoms with van der Waals surface area (Å²) in [6.45, 7) is 3.23. The molecule has 0 aromatic rings. The summed E-state index contributed by atoms with van der Waals surface area (Å²) in [6, 6.07) is 0. The van der Waals surface area contributed by atoms with Crippen LogP contribution >= 0.6 is 11.8 Å². The third-order valence-electron chi connectivity index (χ3n) is 0.985. The Labute approximate surface area is 47.8 Å². The van der Waals surface area contributed by atoms with Crippen LogP contribution in [-0.4, -0.2) is 17.3 Å². The molecule has 0 bridgehead atoms. The molecule has 2 atom stereocenters. The van der Waals surface area contributed by atoms with Gasteiger partial charge in [0, 0.05) is 11.8 Å². The highest BCUT2D eigenvalue weighted by Crippen LogP contribution is 2.16. The van der Waals surface area contributed by atoms with Crippen LogP contribution in [-0.2, 0) is 0 Å². The Morgan fingerprint density at radius 2 is 2.57 bits per heavy atom. The molecule has 3 N–H and O–H groups in total. The zero-order valence-electron chi connectivity index (χ0n) is 4.35. The Morgan fingerprint density at radius 1 is 1.86 bits per heavy atom. The maximum Gasteiger partial charge on any atom is 0.103 e. The van der Waals surface area contributed by atoms with Crippen LogP contribution in [0.2, 0.25) is 0 Å².